The van der Waals surface area contributed by atoms with E-state index in [1.807, 2.05) is 48.5 Å². The second kappa shape index (κ2) is 11.5. The first kappa shape index (κ1) is 29.3. The van der Waals surface area contributed by atoms with Gasteiger partial charge in [0.15, 0.2) is 17.5 Å². The first-order valence-corrected chi connectivity index (χ1v) is 18.0. The van der Waals surface area contributed by atoms with Gasteiger partial charge in [-0.25, -0.2) is 15.0 Å². The summed E-state index contributed by atoms with van der Waals surface area (Å²) in [5.41, 5.74) is 7.62. The van der Waals surface area contributed by atoms with Gasteiger partial charge in [-0.05, 0) is 130 Å². The highest BCUT2D eigenvalue weighted by molar-refractivity contribution is 6.10. The van der Waals surface area contributed by atoms with Crippen molar-refractivity contribution in [3.05, 3.63) is 139 Å². The maximum atomic E-state index is 9.63. The predicted octanol–water partition coefficient (Wildman–Crippen LogP) is 11.2. The average molecular weight is 645 g/mol. The fraction of sp³-hybridized carbons (Fsp3) is 0.217. The van der Waals surface area contributed by atoms with Gasteiger partial charge in [0.2, 0.25) is 0 Å². The molecule has 4 aliphatic rings. The predicted molar refractivity (Wildman–Crippen MR) is 201 cm³/mol. The van der Waals surface area contributed by atoms with Crippen molar-refractivity contribution in [2.75, 3.05) is 0 Å². The quantitative estimate of drug-likeness (QED) is 0.175. The summed E-state index contributed by atoms with van der Waals surface area (Å²) in [5.74, 6) is 4.55. The van der Waals surface area contributed by atoms with E-state index in [-0.39, 0.29) is 0 Å². The second-order valence-corrected chi connectivity index (χ2v) is 15.0. The molecule has 4 heteroatoms. The summed E-state index contributed by atoms with van der Waals surface area (Å²) in [6.07, 6.45) is 8.52. The highest BCUT2D eigenvalue weighted by Gasteiger charge is 2.51. The molecule has 1 aromatic heterocycles. The van der Waals surface area contributed by atoms with Gasteiger partial charge in [0.25, 0.3) is 0 Å². The number of aromatic nitrogens is 3. The number of benzene rings is 6. The van der Waals surface area contributed by atoms with Crippen molar-refractivity contribution in [1.29, 1.82) is 5.26 Å². The van der Waals surface area contributed by atoms with Crippen molar-refractivity contribution in [3.63, 3.8) is 0 Å². The third kappa shape index (κ3) is 4.91. The van der Waals surface area contributed by atoms with Gasteiger partial charge in [0.05, 0.1) is 11.6 Å². The molecule has 4 bridgehead atoms. The molecule has 1 heterocycles. The molecule has 50 heavy (non-hydrogen) atoms. The summed E-state index contributed by atoms with van der Waals surface area (Å²) < 4.78 is 0. The number of fused-ring (bicyclic) bond motifs is 2. The molecule has 4 aliphatic carbocycles. The van der Waals surface area contributed by atoms with E-state index >= 15 is 0 Å². The number of nitriles is 1. The van der Waals surface area contributed by atoms with Crippen LogP contribution in [-0.4, -0.2) is 15.0 Å². The van der Waals surface area contributed by atoms with Crippen molar-refractivity contribution in [3.8, 4) is 51.4 Å². The molecule has 4 fully saturated rings. The SMILES string of the molecule is N#Cc1cccc(-c2nc(-c3ccccc3)nc(-c3ccc(-c4ccc(C56C[C@H]7C[C@@H](C5)C[C@@H](C6)C7)cc4)c4cc5ccccc5cc34)n2)c1. The monoisotopic (exact) mass is 644 g/mol. The molecule has 0 aliphatic heterocycles. The summed E-state index contributed by atoms with van der Waals surface area (Å²) in [7, 11) is 0. The minimum Gasteiger partial charge on any atom is -0.208 e. The zero-order valence-corrected chi connectivity index (χ0v) is 27.9. The van der Waals surface area contributed by atoms with Gasteiger partial charge in [0, 0.05) is 16.7 Å². The molecular formula is C46H36N4. The lowest BCUT2D eigenvalue weighted by atomic mass is 9.48. The van der Waals surface area contributed by atoms with Gasteiger partial charge in [-0.2, -0.15) is 5.26 Å². The molecule has 6 aromatic carbocycles. The molecule has 4 nitrogen and oxygen atoms in total. The van der Waals surface area contributed by atoms with E-state index in [0.717, 1.165) is 39.8 Å². The first-order valence-electron chi connectivity index (χ1n) is 18.0. The molecule has 0 radical (unpaired) electrons. The smallest absolute Gasteiger partial charge is 0.164 e. The van der Waals surface area contributed by atoms with E-state index in [9.17, 15) is 5.26 Å². The summed E-state index contributed by atoms with van der Waals surface area (Å²) in [4.78, 5) is 15.1. The molecule has 0 N–H and O–H groups in total. The van der Waals surface area contributed by atoms with Crippen LogP contribution in [0.4, 0.5) is 0 Å². The first-order chi connectivity index (χ1) is 24.6. The number of nitrogens with zero attached hydrogens (tertiary/aromatic N) is 4. The van der Waals surface area contributed by atoms with Gasteiger partial charge >= 0.3 is 0 Å². The number of rotatable bonds is 5. The summed E-state index contributed by atoms with van der Waals surface area (Å²) in [6, 6.07) is 47.0. The van der Waals surface area contributed by atoms with Crippen LogP contribution < -0.4 is 0 Å². The Morgan fingerprint density at radius 2 is 1.06 bits per heavy atom. The van der Waals surface area contributed by atoms with E-state index in [4.69, 9.17) is 15.0 Å². The molecular weight excluding hydrogens is 609 g/mol. The number of hydrogen-bond donors (Lipinski definition) is 0. The van der Waals surface area contributed by atoms with Crippen molar-refractivity contribution in [2.24, 2.45) is 17.8 Å². The zero-order chi connectivity index (χ0) is 33.2. The Labute approximate surface area is 292 Å². The minimum absolute atomic E-state index is 0.384. The van der Waals surface area contributed by atoms with Crippen molar-refractivity contribution in [2.45, 2.75) is 43.9 Å². The van der Waals surface area contributed by atoms with Crippen LogP contribution in [0.1, 0.15) is 49.7 Å². The van der Waals surface area contributed by atoms with Crippen LogP contribution in [0, 0.1) is 29.1 Å². The Hall–Kier alpha value is -5.66. The van der Waals surface area contributed by atoms with Gasteiger partial charge < -0.3 is 0 Å². The van der Waals surface area contributed by atoms with Crippen LogP contribution in [0.5, 0.6) is 0 Å². The lowest BCUT2D eigenvalue weighted by Crippen LogP contribution is -2.48. The number of hydrogen-bond acceptors (Lipinski definition) is 4. The summed E-state index contributed by atoms with van der Waals surface area (Å²) in [5, 5.41) is 14.3. The third-order valence-corrected chi connectivity index (χ3v) is 11.9. The van der Waals surface area contributed by atoms with Crippen LogP contribution >= 0.6 is 0 Å². The lowest BCUT2D eigenvalue weighted by molar-refractivity contribution is -0.00518. The van der Waals surface area contributed by atoms with E-state index < -0.39 is 0 Å². The highest BCUT2D eigenvalue weighted by atomic mass is 15.0. The Morgan fingerprint density at radius 1 is 0.500 bits per heavy atom. The summed E-state index contributed by atoms with van der Waals surface area (Å²) in [6.45, 7) is 0. The Kier molecular flexibility index (Phi) is 6.71. The van der Waals surface area contributed by atoms with Crippen molar-refractivity contribution in [1.82, 2.24) is 15.0 Å². The molecule has 240 valence electrons. The molecule has 0 unspecified atom stereocenters. The Bertz CT molecular complexity index is 2440. The Balaban J connectivity index is 1.13. The molecule has 11 rings (SSSR count). The van der Waals surface area contributed by atoms with Gasteiger partial charge in [-0.1, -0.05) is 97.1 Å². The molecule has 0 amide bonds. The van der Waals surface area contributed by atoms with Crippen LogP contribution in [-0.2, 0) is 5.41 Å². The van der Waals surface area contributed by atoms with Crippen molar-refractivity contribution >= 4 is 21.5 Å². The van der Waals surface area contributed by atoms with E-state index in [1.54, 1.807) is 11.6 Å². The van der Waals surface area contributed by atoms with Crippen LogP contribution in [0.2, 0.25) is 0 Å². The van der Waals surface area contributed by atoms with E-state index in [2.05, 4.69) is 78.9 Å². The van der Waals surface area contributed by atoms with Gasteiger partial charge in [0.1, 0.15) is 0 Å². The second-order valence-electron chi connectivity index (χ2n) is 15.0. The molecule has 4 saturated carbocycles. The van der Waals surface area contributed by atoms with Crippen molar-refractivity contribution < 1.29 is 0 Å². The maximum absolute atomic E-state index is 9.63. The van der Waals surface area contributed by atoms with Gasteiger partial charge in [-0.15, -0.1) is 0 Å². The van der Waals surface area contributed by atoms with Gasteiger partial charge in [-0.3, -0.25) is 0 Å². The standard InChI is InChI=1S/C46H36N4/c47-28-29-7-6-12-37(22-29)44-48-43(34-8-2-1-3-9-34)49-45(50-44)40-18-17-39(41-23-35-10-4-5-11-36(35)24-42(40)41)33-13-15-38(16-14-33)46-25-30-19-31(26-46)21-32(20-30)27-46/h1-18,22-24,30-32H,19-21,25-27H2/t30-,31+,32-,46?. The molecule has 0 saturated heterocycles. The van der Waals surface area contributed by atoms with E-state index in [0.29, 0.717) is 28.5 Å². The summed E-state index contributed by atoms with van der Waals surface area (Å²) >= 11 is 0. The fourth-order valence-corrected chi connectivity index (χ4v) is 10.0. The topological polar surface area (TPSA) is 62.5 Å². The fourth-order valence-electron chi connectivity index (χ4n) is 10.0. The lowest BCUT2D eigenvalue weighted by Gasteiger charge is -2.57. The normalized spacial score (nSPS) is 22.2. The highest BCUT2D eigenvalue weighted by Crippen LogP contribution is 2.60. The molecule has 0 spiro atoms. The van der Waals surface area contributed by atoms with E-state index in [1.165, 1.54) is 65.8 Å². The van der Waals surface area contributed by atoms with Crippen LogP contribution in [0.25, 0.3) is 66.8 Å². The third-order valence-electron chi connectivity index (χ3n) is 11.9. The average Bonchev–Trinajstić information content (AvgIpc) is 3.16. The minimum atomic E-state index is 0.384. The molecule has 0 atom stereocenters. The Morgan fingerprint density at radius 3 is 1.72 bits per heavy atom. The van der Waals surface area contributed by atoms with Crippen LogP contribution in [0.15, 0.2) is 127 Å². The van der Waals surface area contributed by atoms with Crippen LogP contribution in [0.3, 0.4) is 0 Å². The largest absolute Gasteiger partial charge is 0.208 e. The maximum Gasteiger partial charge on any atom is 0.164 e. The zero-order valence-electron chi connectivity index (χ0n) is 27.9. The molecule has 7 aromatic rings.